The molecule has 0 aliphatic carbocycles. The molecule has 106 valence electrons. The van der Waals surface area contributed by atoms with E-state index in [0.717, 1.165) is 6.07 Å². The van der Waals surface area contributed by atoms with Crippen LogP contribution >= 0.6 is 11.6 Å². The molecule has 20 heavy (non-hydrogen) atoms. The maximum Gasteiger partial charge on any atom is 0.145 e. The van der Waals surface area contributed by atoms with E-state index >= 15 is 0 Å². The summed E-state index contributed by atoms with van der Waals surface area (Å²) in [6.45, 7) is 1.52. The molecule has 1 unspecified atom stereocenters. The van der Waals surface area contributed by atoms with Gasteiger partial charge in [0, 0.05) is 17.7 Å². The Balaban J connectivity index is 2.31. The summed E-state index contributed by atoms with van der Waals surface area (Å²) in [5.74, 6) is -1.93. The van der Waals surface area contributed by atoms with Crippen molar-refractivity contribution in [3.63, 3.8) is 0 Å². The summed E-state index contributed by atoms with van der Waals surface area (Å²) in [7, 11) is 0. The van der Waals surface area contributed by atoms with E-state index in [0.29, 0.717) is 11.1 Å². The van der Waals surface area contributed by atoms with Crippen LogP contribution in [-0.4, -0.2) is 0 Å². The van der Waals surface area contributed by atoms with Crippen molar-refractivity contribution in [1.29, 1.82) is 0 Å². The van der Waals surface area contributed by atoms with Gasteiger partial charge in [-0.15, -0.1) is 0 Å². The quantitative estimate of drug-likeness (QED) is 0.898. The predicted octanol–water partition coefficient (Wildman–Crippen LogP) is 4.31. The lowest BCUT2D eigenvalue weighted by atomic mass is 9.97. The van der Waals surface area contributed by atoms with Gasteiger partial charge in [-0.2, -0.15) is 0 Å². The Hall–Kier alpha value is -1.52. The number of nitrogens with two attached hydrogens (primary N) is 1. The van der Waals surface area contributed by atoms with Crippen LogP contribution in [0.4, 0.5) is 13.2 Å². The average molecular weight is 300 g/mol. The van der Waals surface area contributed by atoms with Crippen LogP contribution in [0.1, 0.15) is 22.7 Å². The Morgan fingerprint density at radius 2 is 1.85 bits per heavy atom. The second kappa shape index (κ2) is 5.85. The highest BCUT2D eigenvalue weighted by Gasteiger charge is 2.17. The van der Waals surface area contributed by atoms with Crippen LogP contribution in [-0.2, 0) is 6.42 Å². The van der Waals surface area contributed by atoms with Crippen molar-refractivity contribution in [1.82, 2.24) is 0 Å². The molecule has 0 aliphatic rings. The van der Waals surface area contributed by atoms with Crippen LogP contribution in [0.5, 0.6) is 0 Å². The van der Waals surface area contributed by atoms with Crippen LogP contribution in [0, 0.1) is 24.4 Å². The second-order valence-electron chi connectivity index (χ2n) is 4.65. The SMILES string of the molecule is Cc1cc(C(N)Cc2cccc(Cl)c2F)c(F)cc1F. The third kappa shape index (κ3) is 2.97. The lowest BCUT2D eigenvalue weighted by Crippen LogP contribution is -2.16. The lowest BCUT2D eigenvalue weighted by Gasteiger charge is -2.15. The fraction of sp³-hybridized carbons (Fsp3) is 0.200. The Kier molecular flexibility index (Phi) is 4.35. The molecule has 2 aromatic rings. The van der Waals surface area contributed by atoms with E-state index in [-0.39, 0.29) is 17.0 Å². The Labute approximate surface area is 120 Å². The molecule has 1 nitrogen and oxygen atoms in total. The van der Waals surface area contributed by atoms with Gasteiger partial charge in [0.2, 0.25) is 0 Å². The third-order valence-corrected chi connectivity index (χ3v) is 3.44. The highest BCUT2D eigenvalue weighted by Crippen LogP contribution is 2.25. The summed E-state index contributed by atoms with van der Waals surface area (Å²) in [6.07, 6.45) is 0.0778. The van der Waals surface area contributed by atoms with Crippen molar-refractivity contribution in [2.75, 3.05) is 0 Å². The Morgan fingerprint density at radius 1 is 1.15 bits per heavy atom. The lowest BCUT2D eigenvalue weighted by molar-refractivity contribution is 0.543. The number of rotatable bonds is 3. The molecule has 5 heteroatoms. The molecule has 2 rings (SSSR count). The minimum Gasteiger partial charge on any atom is -0.324 e. The zero-order valence-electron chi connectivity index (χ0n) is 10.8. The fourth-order valence-corrected chi connectivity index (χ4v) is 2.21. The number of hydrogen-bond acceptors (Lipinski definition) is 1. The topological polar surface area (TPSA) is 26.0 Å². The number of halogens is 4. The molecular formula is C15H13ClF3N. The van der Waals surface area contributed by atoms with E-state index in [1.807, 2.05) is 0 Å². The van der Waals surface area contributed by atoms with Crippen LogP contribution in [0.3, 0.4) is 0 Å². The van der Waals surface area contributed by atoms with E-state index in [1.54, 1.807) is 6.07 Å². The molecule has 0 fully saturated rings. The van der Waals surface area contributed by atoms with E-state index in [1.165, 1.54) is 25.1 Å². The molecule has 1 atom stereocenters. The van der Waals surface area contributed by atoms with E-state index < -0.39 is 23.5 Å². The van der Waals surface area contributed by atoms with Crippen LogP contribution in [0.25, 0.3) is 0 Å². The normalized spacial score (nSPS) is 12.5. The summed E-state index contributed by atoms with van der Waals surface area (Å²) in [6, 6.07) is 5.92. The largest absolute Gasteiger partial charge is 0.324 e. The molecule has 0 amide bonds. The second-order valence-corrected chi connectivity index (χ2v) is 5.05. The van der Waals surface area contributed by atoms with Crippen molar-refractivity contribution < 1.29 is 13.2 Å². The van der Waals surface area contributed by atoms with E-state index in [9.17, 15) is 13.2 Å². The van der Waals surface area contributed by atoms with Crippen molar-refractivity contribution >= 4 is 11.6 Å². The molecule has 2 N–H and O–H groups in total. The van der Waals surface area contributed by atoms with Crippen molar-refractivity contribution in [3.8, 4) is 0 Å². The van der Waals surface area contributed by atoms with Gasteiger partial charge in [-0.3, -0.25) is 0 Å². The fourth-order valence-electron chi connectivity index (χ4n) is 2.02. The first-order valence-electron chi connectivity index (χ1n) is 6.04. The molecule has 0 aromatic heterocycles. The summed E-state index contributed by atoms with van der Waals surface area (Å²) in [5.41, 5.74) is 6.64. The van der Waals surface area contributed by atoms with Crippen molar-refractivity contribution in [2.24, 2.45) is 5.73 Å². The van der Waals surface area contributed by atoms with Gasteiger partial charge < -0.3 is 5.73 Å². The minimum absolute atomic E-state index is 0.00883. The predicted molar refractivity (Wildman–Crippen MR) is 73.1 cm³/mol. The van der Waals surface area contributed by atoms with Gasteiger partial charge in [-0.05, 0) is 36.6 Å². The first-order valence-corrected chi connectivity index (χ1v) is 6.42. The summed E-state index contributed by atoms with van der Waals surface area (Å²) in [5, 5.41) is -0.00883. The smallest absolute Gasteiger partial charge is 0.145 e. The number of aryl methyl sites for hydroxylation is 1. The monoisotopic (exact) mass is 299 g/mol. The first-order chi connectivity index (χ1) is 9.40. The molecule has 2 aromatic carbocycles. The Morgan fingerprint density at radius 3 is 2.55 bits per heavy atom. The maximum atomic E-state index is 13.8. The standard InChI is InChI=1S/C15H13ClF3N/c1-8-5-10(13(18)7-12(8)17)14(20)6-9-3-2-4-11(16)15(9)19/h2-5,7,14H,6,20H2,1H3. The van der Waals surface area contributed by atoms with Gasteiger partial charge in [0.25, 0.3) is 0 Å². The summed E-state index contributed by atoms with van der Waals surface area (Å²) >= 11 is 5.68. The van der Waals surface area contributed by atoms with Crippen LogP contribution in [0.15, 0.2) is 30.3 Å². The van der Waals surface area contributed by atoms with E-state index in [2.05, 4.69) is 0 Å². The number of benzene rings is 2. The molecule has 0 heterocycles. The zero-order chi connectivity index (χ0) is 14.9. The molecule has 0 spiro atoms. The van der Waals surface area contributed by atoms with Gasteiger partial charge >= 0.3 is 0 Å². The third-order valence-electron chi connectivity index (χ3n) is 3.15. The highest BCUT2D eigenvalue weighted by molar-refractivity contribution is 6.30. The molecule has 0 aliphatic heterocycles. The highest BCUT2D eigenvalue weighted by atomic mass is 35.5. The molecule has 0 saturated carbocycles. The molecular weight excluding hydrogens is 287 g/mol. The van der Waals surface area contributed by atoms with Crippen molar-refractivity contribution in [2.45, 2.75) is 19.4 Å². The maximum absolute atomic E-state index is 13.8. The van der Waals surface area contributed by atoms with Gasteiger partial charge in [0.05, 0.1) is 5.02 Å². The molecule has 0 bridgehead atoms. The Bertz CT molecular complexity index is 643. The average Bonchev–Trinajstić information content (AvgIpc) is 2.39. The van der Waals surface area contributed by atoms with Gasteiger partial charge in [0.15, 0.2) is 0 Å². The van der Waals surface area contributed by atoms with Gasteiger partial charge in [-0.25, -0.2) is 13.2 Å². The molecule has 0 saturated heterocycles. The summed E-state index contributed by atoms with van der Waals surface area (Å²) in [4.78, 5) is 0. The number of hydrogen-bond donors (Lipinski definition) is 1. The van der Waals surface area contributed by atoms with Gasteiger partial charge in [0.1, 0.15) is 17.5 Å². The first kappa shape index (κ1) is 14.9. The van der Waals surface area contributed by atoms with Crippen LogP contribution in [0.2, 0.25) is 5.02 Å². The van der Waals surface area contributed by atoms with Crippen LogP contribution < -0.4 is 5.73 Å². The molecule has 0 radical (unpaired) electrons. The zero-order valence-corrected chi connectivity index (χ0v) is 11.5. The van der Waals surface area contributed by atoms with E-state index in [4.69, 9.17) is 17.3 Å². The summed E-state index contributed by atoms with van der Waals surface area (Å²) < 4.78 is 40.7. The van der Waals surface area contributed by atoms with Gasteiger partial charge in [-0.1, -0.05) is 23.7 Å². The minimum atomic E-state index is -0.776. The van der Waals surface area contributed by atoms with Crippen molar-refractivity contribution in [3.05, 3.63) is 69.5 Å².